The van der Waals surface area contributed by atoms with Crippen molar-refractivity contribution in [3.05, 3.63) is 93.0 Å². The van der Waals surface area contributed by atoms with Gasteiger partial charge in [-0.15, -0.1) is 0 Å². The van der Waals surface area contributed by atoms with Crippen LogP contribution in [-0.2, 0) is 13.2 Å². The van der Waals surface area contributed by atoms with Gasteiger partial charge in [-0.05, 0) is 64.8 Å². The summed E-state index contributed by atoms with van der Waals surface area (Å²) in [4.78, 5) is 12.8. The summed E-state index contributed by atoms with van der Waals surface area (Å²) in [5.41, 5.74) is 2.49. The van der Waals surface area contributed by atoms with E-state index in [9.17, 15) is 4.79 Å². The van der Waals surface area contributed by atoms with E-state index >= 15 is 0 Å². The maximum absolute atomic E-state index is 12.8. The summed E-state index contributed by atoms with van der Waals surface area (Å²) in [6.07, 6.45) is 3.64. The van der Waals surface area contributed by atoms with Crippen LogP contribution in [0.4, 0.5) is 5.69 Å². The first-order valence-electron chi connectivity index (χ1n) is 9.40. The van der Waals surface area contributed by atoms with E-state index in [1.807, 2.05) is 35.1 Å². The standard InChI is InChI=1S/C22H18BrClN4O3/c1-14-20(13-30-19-8-4-17(24)5-9-19)21(27-31-14)22(29)26-18-6-2-15(3-7-18)11-28-12-16(23)10-25-28/h2-10,12H,11,13H2,1H3,(H,26,29). The molecule has 0 saturated carbocycles. The number of hydrogen-bond donors (Lipinski definition) is 1. The highest BCUT2D eigenvalue weighted by atomic mass is 79.9. The van der Waals surface area contributed by atoms with Gasteiger partial charge in [0.1, 0.15) is 18.1 Å². The maximum Gasteiger partial charge on any atom is 0.278 e. The SMILES string of the molecule is Cc1onc(C(=O)Nc2ccc(Cn3cc(Br)cn3)cc2)c1COc1ccc(Cl)cc1. The van der Waals surface area contributed by atoms with E-state index in [0.29, 0.717) is 34.3 Å². The van der Waals surface area contributed by atoms with Crippen molar-refractivity contribution in [2.24, 2.45) is 0 Å². The Morgan fingerprint density at radius 1 is 1.19 bits per heavy atom. The zero-order chi connectivity index (χ0) is 21.8. The van der Waals surface area contributed by atoms with Crippen LogP contribution in [0.3, 0.4) is 0 Å². The molecule has 0 aliphatic carbocycles. The average Bonchev–Trinajstić information content (AvgIpc) is 3.34. The lowest BCUT2D eigenvalue weighted by Gasteiger charge is -2.08. The third-order valence-corrected chi connectivity index (χ3v) is 5.22. The number of carbonyl (C=O) groups is 1. The Bertz CT molecular complexity index is 1190. The summed E-state index contributed by atoms with van der Waals surface area (Å²) < 4.78 is 13.7. The van der Waals surface area contributed by atoms with E-state index in [1.165, 1.54) is 0 Å². The molecule has 158 valence electrons. The number of benzene rings is 2. The minimum Gasteiger partial charge on any atom is -0.489 e. The molecule has 1 amide bonds. The fourth-order valence-corrected chi connectivity index (χ4v) is 3.38. The number of aryl methyl sites for hydroxylation is 1. The number of ether oxygens (including phenoxy) is 1. The normalized spacial score (nSPS) is 10.8. The second-order valence-corrected chi connectivity index (χ2v) is 8.17. The zero-order valence-corrected chi connectivity index (χ0v) is 18.9. The fraction of sp³-hybridized carbons (Fsp3) is 0.136. The lowest BCUT2D eigenvalue weighted by molar-refractivity contribution is 0.101. The quantitative estimate of drug-likeness (QED) is 0.363. The van der Waals surface area contributed by atoms with Crippen LogP contribution < -0.4 is 10.1 Å². The van der Waals surface area contributed by atoms with E-state index in [4.69, 9.17) is 20.9 Å². The minimum absolute atomic E-state index is 0.151. The molecule has 1 N–H and O–H groups in total. The third-order valence-electron chi connectivity index (χ3n) is 4.55. The molecule has 0 saturated heterocycles. The Morgan fingerprint density at radius 3 is 2.61 bits per heavy atom. The molecule has 0 bridgehead atoms. The summed E-state index contributed by atoms with van der Waals surface area (Å²) in [5.74, 6) is 0.798. The first-order chi connectivity index (χ1) is 15.0. The molecule has 31 heavy (non-hydrogen) atoms. The molecule has 9 heteroatoms. The van der Waals surface area contributed by atoms with Crippen LogP contribution in [0.25, 0.3) is 0 Å². The Labute approximate surface area is 192 Å². The smallest absolute Gasteiger partial charge is 0.278 e. The van der Waals surface area contributed by atoms with Crippen LogP contribution in [0.1, 0.15) is 27.4 Å². The van der Waals surface area contributed by atoms with Crippen molar-refractivity contribution in [3.63, 3.8) is 0 Å². The Hall–Kier alpha value is -3.10. The predicted molar refractivity (Wildman–Crippen MR) is 120 cm³/mol. The van der Waals surface area contributed by atoms with Gasteiger partial charge in [0.05, 0.1) is 22.8 Å². The number of nitrogens with zero attached hydrogens (tertiary/aromatic N) is 3. The molecule has 4 rings (SSSR count). The number of aromatic nitrogens is 3. The monoisotopic (exact) mass is 500 g/mol. The van der Waals surface area contributed by atoms with Crippen molar-refractivity contribution in [1.29, 1.82) is 0 Å². The van der Waals surface area contributed by atoms with Gasteiger partial charge in [0.15, 0.2) is 5.69 Å². The highest BCUT2D eigenvalue weighted by Gasteiger charge is 2.20. The Balaban J connectivity index is 1.41. The second-order valence-electron chi connectivity index (χ2n) is 6.82. The van der Waals surface area contributed by atoms with Crippen LogP contribution in [-0.4, -0.2) is 20.8 Å². The van der Waals surface area contributed by atoms with Gasteiger partial charge in [0, 0.05) is 16.9 Å². The number of nitrogens with one attached hydrogen (secondary N) is 1. The molecule has 0 radical (unpaired) electrons. The highest BCUT2D eigenvalue weighted by molar-refractivity contribution is 9.10. The van der Waals surface area contributed by atoms with Crippen molar-refractivity contribution in [2.45, 2.75) is 20.1 Å². The van der Waals surface area contributed by atoms with Gasteiger partial charge in [0.25, 0.3) is 5.91 Å². The predicted octanol–water partition coefficient (Wildman–Crippen LogP) is 5.48. The van der Waals surface area contributed by atoms with Crippen molar-refractivity contribution in [3.8, 4) is 5.75 Å². The van der Waals surface area contributed by atoms with Crippen LogP contribution in [0.2, 0.25) is 5.02 Å². The molecule has 7 nitrogen and oxygen atoms in total. The summed E-state index contributed by atoms with van der Waals surface area (Å²) in [6.45, 7) is 2.53. The van der Waals surface area contributed by atoms with Crippen LogP contribution >= 0.6 is 27.5 Å². The molecule has 2 heterocycles. The Kier molecular flexibility index (Phi) is 6.39. The molecule has 0 aliphatic rings. The molecule has 0 spiro atoms. The molecule has 2 aromatic heterocycles. The number of anilines is 1. The van der Waals surface area contributed by atoms with Gasteiger partial charge in [-0.2, -0.15) is 5.10 Å². The minimum atomic E-state index is -0.365. The van der Waals surface area contributed by atoms with Crippen LogP contribution in [0.15, 0.2) is 69.9 Å². The van der Waals surface area contributed by atoms with E-state index < -0.39 is 0 Å². The van der Waals surface area contributed by atoms with E-state index in [1.54, 1.807) is 37.4 Å². The number of carbonyl (C=O) groups excluding carboxylic acids is 1. The van der Waals surface area contributed by atoms with E-state index in [-0.39, 0.29) is 18.2 Å². The van der Waals surface area contributed by atoms with Gasteiger partial charge < -0.3 is 14.6 Å². The number of hydrogen-bond acceptors (Lipinski definition) is 5. The second kappa shape index (κ2) is 9.36. The highest BCUT2D eigenvalue weighted by Crippen LogP contribution is 2.21. The molecule has 0 fully saturated rings. The van der Waals surface area contributed by atoms with Crippen molar-refractivity contribution in [2.75, 3.05) is 5.32 Å². The topological polar surface area (TPSA) is 82.2 Å². The first kappa shape index (κ1) is 21.1. The van der Waals surface area contributed by atoms with Crippen molar-refractivity contribution < 1.29 is 14.1 Å². The fourth-order valence-electron chi connectivity index (χ4n) is 2.92. The summed E-state index contributed by atoms with van der Waals surface area (Å²) in [5, 5.41) is 11.6. The molecular weight excluding hydrogens is 484 g/mol. The third kappa shape index (κ3) is 5.34. The summed E-state index contributed by atoms with van der Waals surface area (Å²) >= 11 is 9.27. The average molecular weight is 502 g/mol. The molecule has 0 unspecified atom stereocenters. The number of halogens is 2. The van der Waals surface area contributed by atoms with Gasteiger partial charge in [0.2, 0.25) is 0 Å². The Morgan fingerprint density at radius 2 is 1.94 bits per heavy atom. The molecule has 0 atom stereocenters. The van der Waals surface area contributed by atoms with E-state index in [0.717, 1.165) is 10.0 Å². The molecule has 0 aliphatic heterocycles. The lowest BCUT2D eigenvalue weighted by atomic mass is 10.1. The van der Waals surface area contributed by atoms with Crippen molar-refractivity contribution >= 4 is 39.1 Å². The lowest BCUT2D eigenvalue weighted by Crippen LogP contribution is -2.15. The number of amides is 1. The number of rotatable bonds is 7. The maximum atomic E-state index is 12.8. The molecule has 2 aromatic carbocycles. The van der Waals surface area contributed by atoms with Crippen molar-refractivity contribution in [1.82, 2.24) is 14.9 Å². The largest absolute Gasteiger partial charge is 0.489 e. The first-order valence-corrected chi connectivity index (χ1v) is 10.6. The van der Waals surface area contributed by atoms with Gasteiger partial charge in [-0.1, -0.05) is 28.9 Å². The van der Waals surface area contributed by atoms with Crippen LogP contribution in [0, 0.1) is 6.92 Å². The summed E-state index contributed by atoms with van der Waals surface area (Å²) in [6, 6.07) is 14.5. The van der Waals surface area contributed by atoms with Gasteiger partial charge in [-0.25, -0.2) is 0 Å². The zero-order valence-electron chi connectivity index (χ0n) is 16.5. The van der Waals surface area contributed by atoms with E-state index in [2.05, 4.69) is 31.5 Å². The summed E-state index contributed by atoms with van der Waals surface area (Å²) in [7, 11) is 0. The molecule has 4 aromatic rings. The van der Waals surface area contributed by atoms with Gasteiger partial charge in [-0.3, -0.25) is 9.48 Å². The van der Waals surface area contributed by atoms with Gasteiger partial charge >= 0.3 is 0 Å². The van der Waals surface area contributed by atoms with Crippen LogP contribution in [0.5, 0.6) is 5.75 Å². The molecular formula is C22H18BrClN4O3.